The first-order valence-electron chi connectivity index (χ1n) is 5.83. The highest BCUT2D eigenvalue weighted by molar-refractivity contribution is 8.00. The number of rotatable bonds is 4. The van der Waals surface area contributed by atoms with Crippen molar-refractivity contribution in [1.29, 1.82) is 0 Å². The van der Waals surface area contributed by atoms with E-state index in [1.54, 1.807) is 14.0 Å². The first-order chi connectivity index (χ1) is 8.88. The zero-order valence-electron chi connectivity index (χ0n) is 11.2. The van der Waals surface area contributed by atoms with E-state index in [2.05, 4.69) is 4.74 Å². The number of hydrogen-bond acceptors (Lipinski definition) is 5. The van der Waals surface area contributed by atoms with Gasteiger partial charge in [-0.15, -0.1) is 11.8 Å². The zero-order chi connectivity index (χ0) is 14.6. The predicted molar refractivity (Wildman–Crippen MR) is 69.8 cm³/mol. The van der Waals surface area contributed by atoms with Gasteiger partial charge in [0.15, 0.2) is 0 Å². The van der Waals surface area contributed by atoms with Crippen LogP contribution in [0.15, 0.2) is 0 Å². The Morgan fingerprint density at radius 3 is 2.63 bits per heavy atom. The van der Waals surface area contributed by atoms with Crippen LogP contribution < -0.4 is 0 Å². The second-order valence-corrected chi connectivity index (χ2v) is 5.57. The Morgan fingerprint density at radius 2 is 2.11 bits per heavy atom. The van der Waals surface area contributed by atoms with Gasteiger partial charge in [0, 0.05) is 19.3 Å². The van der Waals surface area contributed by atoms with E-state index in [1.807, 2.05) is 0 Å². The highest BCUT2D eigenvalue weighted by Crippen LogP contribution is 2.29. The van der Waals surface area contributed by atoms with Crippen LogP contribution in [0.5, 0.6) is 0 Å². The predicted octanol–water partition coefficient (Wildman–Crippen LogP) is 0.449. The van der Waals surface area contributed by atoms with Crippen molar-refractivity contribution in [2.75, 3.05) is 26.5 Å². The molecule has 0 aromatic carbocycles. The maximum absolute atomic E-state index is 12.2. The molecule has 0 spiro atoms. The number of hydrogen-bond donors (Lipinski definition) is 1. The van der Waals surface area contributed by atoms with Crippen LogP contribution in [0.3, 0.4) is 0 Å². The summed E-state index contributed by atoms with van der Waals surface area (Å²) in [5, 5.41) is 8.90. The summed E-state index contributed by atoms with van der Waals surface area (Å²) in [5.74, 6) is -1.03. The average Bonchev–Trinajstić information content (AvgIpc) is 2.76. The molecule has 19 heavy (non-hydrogen) atoms. The molecule has 1 fully saturated rings. The number of methoxy groups -OCH3 is 1. The Morgan fingerprint density at radius 1 is 1.47 bits per heavy atom. The number of carboxylic acids is 1. The fourth-order valence-corrected chi connectivity index (χ4v) is 2.94. The lowest BCUT2D eigenvalue weighted by Crippen LogP contribution is -2.50. The van der Waals surface area contributed by atoms with Gasteiger partial charge < -0.3 is 14.7 Å². The summed E-state index contributed by atoms with van der Waals surface area (Å²) in [6, 6.07) is -1.19. The molecule has 0 radical (unpaired) electrons. The number of carbonyl (C=O) groups is 3. The SMILES string of the molecule is COC(=O)CCN(C)C(=O)N1C(C)SCC1C(=O)O. The highest BCUT2D eigenvalue weighted by Gasteiger charge is 2.40. The first kappa shape index (κ1) is 15.6. The number of esters is 1. The van der Waals surface area contributed by atoms with Gasteiger partial charge in [-0.3, -0.25) is 9.69 Å². The van der Waals surface area contributed by atoms with E-state index >= 15 is 0 Å². The molecule has 108 valence electrons. The van der Waals surface area contributed by atoms with Crippen molar-refractivity contribution in [1.82, 2.24) is 9.80 Å². The molecule has 1 N–H and O–H groups in total. The molecule has 8 heteroatoms. The van der Waals surface area contributed by atoms with Crippen LogP contribution in [0.25, 0.3) is 0 Å². The topological polar surface area (TPSA) is 87.2 Å². The third-order valence-electron chi connectivity index (χ3n) is 2.93. The summed E-state index contributed by atoms with van der Waals surface area (Å²) in [5.41, 5.74) is 0. The number of aliphatic carboxylic acids is 1. The van der Waals surface area contributed by atoms with E-state index < -0.39 is 18.0 Å². The van der Waals surface area contributed by atoms with Crippen LogP contribution in [0.4, 0.5) is 4.79 Å². The van der Waals surface area contributed by atoms with E-state index in [0.717, 1.165) is 0 Å². The molecule has 0 bridgehead atoms. The van der Waals surface area contributed by atoms with Crippen LogP contribution in [-0.4, -0.2) is 70.7 Å². The molecule has 0 aliphatic carbocycles. The first-order valence-corrected chi connectivity index (χ1v) is 6.88. The van der Waals surface area contributed by atoms with E-state index in [0.29, 0.717) is 5.75 Å². The minimum Gasteiger partial charge on any atom is -0.480 e. The quantitative estimate of drug-likeness (QED) is 0.756. The minimum atomic E-state index is -1.01. The number of nitrogens with zero attached hydrogens (tertiary/aromatic N) is 2. The van der Waals surface area contributed by atoms with E-state index in [9.17, 15) is 14.4 Å². The van der Waals surface area contributed by atoms with E-state index in [-0.39, 0.29) is 24.4 Å². The summed E-state index contributed by atoms with van der Waals surface area (Å²) >= 11 is 1.42. The van der Waals surface area contributed by atoms with E-state index in [1.165, 1.54) is 28.7 Å². The average molecular weight is 290 g/mol. The molecule has 1 saturated heterocycles. The molecule has 0 aromatic heterocycles. The summed E-state index contributed by atoms with van der Waals surface area (Å²) in [7, 11) is 2.82. The molecule has 1 heterocycles. The summed E-state index contributed by atoms with van der Waals surface area (Å²) in [6.07, 6.45) is 0.0891. The van der Waals surface area contributed by atoms with Crippen LogP contribution >= 0.6 is 11.8 Å². The van der Waals surface area contributed by atoms with Gasteiger partial charge in [-0.2, -0.15) is 0 Å². The van der Waals surface area contributed by atoms with Gasteiger partial charge in [-0.05, 0) is 6.92 Å². The normalized spacial score (nSPS) is 22.2. The fraction of sp³-hybridized carbons (Fsp3) is 0.727. The number of ether oxygens (including phenoxy) is 1. The van der Waals surface area contributed by atoms with Gasteiger partial charge >= 0.3 is 18.0 Å². The van der Waals surface area contributed by atoms with Gasteiger partial charge in [0.1, 0.15) is 6.04 Å². The van der Waals surface area contributed by atoms with Crippen molar-refractivity contribution >= 4 is 29.7 Å². The maximum Gasteiger partial charge on any atom is 0.327 e. The molecule has 0 saturated carbocycles. The molecule has 1 rings (SSSR count). The minimum absolute atomic E-state index is 0.0891. The number of thioether (sulfide) groups is 1. The Labute approximate surface area is 115 Å². The van der Waals surface area contributed by atoms with Crippen molar-refractivity contribution < 1.29 is 24.2 Å². The van der Waals surface area contributed by atoms with Crippen LogP contribution in [0.1, 0.15) is 13.3 Å². The lowest BCUT2D eigenvalue weighted by Gasteiger charge is -2.29. The lowest BCUT2D eigenvalue weighted by atomic mass is 10.3. The number of carbonyl (C=O) groups excluding carboxylic acids is 2. The van der Waals surface area contributed by atoms with Gasteiger partial charge in [0.2, 0.25) is 0 Å². The van der Waals surface area contributed by atoms with Crippen molar-refractivity contribution in [3.63, 3.8) is 0 Å². The molecular formula is C11H18N2O5S. The Hall–Kier alpha value is -1.44. The Kier molecular flexibility index (Phi) is 5.46. The fourth-order valence-electron chi connectivity index (χ4n) is 1.78. The molecule has 1 aliphatic rings. The summed E-state index contributed by atoms with van der Waals surface area (Å²) in [6.45, 7) is 1.99. The molecule has 2 unspecified atom stereocenters. The zero-order valence-corrected chi connectivity index (χ0v) is 12.0. The van der Waals surface area contributed by atoms with Crippen LogP contribution in [0.2, 0.25) is 0 Å². The van der Waals surface area contributed by atoms with Crippen LogP contribution in [0, 0.1) is 0 Å². The van der Waals surface area contributed by atoms with Crippen molar-refractivity contribution in [2.24, 2.45) is 0 Å². The Bertz CT molecular complexity index is 376. The van der Waals surface area contributed by atoms with Gasteiger partial charge in [0.25, 0.3) is 0 Å². The molecule has 2 amide bonds. The molecular weight excluding hydrogens is 272 g/mol. The lowest BCUT2D eigenvalue weighted by molar-refractivity contribution is -0.142. The molecule has 0 aromatic rings. The summed E-state index contributed by atoms with van der Waals surface area (Å²) in [4.78, 5) is 37.0. The monoisotopic (exact) mass is 290 g/mol. The van der Waals surface area contributed by atoms with Gasteiger partial charge in [-0.25, -0.2) is 9.59 Å². The number of urea groups is 1. The smallest absolute Gasteiger partial charge is 0.327 e. The molecule has 2 atom stereocenters. The van der Waals surface area contributed by atoms with Gasteiger partial charge in [-0.1, -0.05) is 0 Å². The number of amides is 2. The second-order valence-electron chi connectivity index (χ2n) is 4.22. The van der Waals surface area contributed by atoms with Crippen molar-refractivity contribution in [3.05, 3.63) is 0 Å². The standard InChI is InChI=1S/C11H18N2O5S/c1-7-13(8(6-19-7)10(15)16)11(17)12(2)5-4-9(14)18-3/h7-8H,4-6H2,1-3H3,(H,15,16). The second kappa shape index (κ2) is 6.65. The maximum atomic E-state index is 12.2. The van der Waals surface area contributed by atoms with Crippen LogP contribution in [-0.2, 0) is 14.3 Å². The van der Waals surface area contributed by atoms with Crippen molar-refractivity contribution in [3.8, 4) is 0 Å². The summed E-state index contributed by atoms with van der Waals surface area (Å²) < 4.78 is 4.50. The third kappa shape index (κ3) is 3.76. The number of carboxylic acid groups (broad SMARTS) is 1. The molecule has 1 aliphatic heterocycles. The Balaban J connectivity index is 2.64. The largest absolute Gasteiger partial charge is 0.480 e. The highest BCUT2D eigenvalue weighted by atomic mass is 32.2. The van der Waals surface area contributed by atoms with E-state index in [4.69, 9.17) is 5.11 Å². The third-order valence-corrected chi connectivity index (χ3v) is 4.15. The molecule has 7 nitrogen and oxygen atoms in total. The van der Waals surface area contributed by atoms with Crippen molar-refractivity contribution in [2.45, 2.75) is 24.8 Å². The van der Waals surface area contributed by atoms with Gasteiger partial charge in [0.05, 0.1) is 18.9 Å².